The van der Waals surface area contributed by atoms with Crippen molar-refractivity contribution in [1.82, 2.24) is 0 Å². The van der Waals surface area contributed by atoms with E-state index < -0.39 is 5.24 Å². The maximum Gasteiger partial charge on any atom is 0.253 e. The van der Waals surface area contributed by atoms with E-state index in [0.29, 0.717) is 5.56 Å². The maximum atomic E-state index is 10.9. The molecule has 0 bridgehead atoms. The van der Waals surface area contributed by atoms with Gasteiger partial charge in [0, 0.05) is 12.7 Å². The van der Waals surface area contributed by atoms with E-state index in [9.17, 15) is 4.79 Å². The van der Waals surface area contributed by atoms with Crippen LogP contribution in [-0.2, 0) is 0 Å². The van der Waals surface area contributed by atoms with Gasteiger partial charge < -0.3 is 0 Å². The lowest BCUT2D eigenvalue weighted by molar-refractivity contribution is 0.108. The number of carbonyl (C=O) groups is 1. The molecule has 0 saturated carbocycles. The van der Waals surface area contributed by atoms with Crippen LogP contribution in [0, 0.1) is 14.1 Å². The Morgan fingerprint density at radius 3 is 2.42 bits per heavy atom. The van der Waals surface area contributed by atoms with Crippen molar-refractivity contribution >= 4 is 62.0 Å². The summed E-state index contributed by atoms with van der Waals surface area (Å²) >= 11 is 9.68. The van der Waals surface area contributed by atoms with Crippen molar-refractivity contribution in [3.63, 3.8) is 0 Å². The van der Waals surface area contributed by atoms with E-state index in [0.717, 1.165) is 7.14 Å². The third-order valence-corrected chi connectivity index (χ3v) is 3.72. The third kappa shape index (κ3) is 2.32. The molecule has 0 spiro atoms. The number of hydrogen-bond acceptors (Lipinski definition) is 1. The van der Waals surface area contributed by atoms with Gasteiger partial charge in [-0.1, -0.05) is 0 Å². The fourth-order valence-electron chi connectivity index (χ4n) is 0.797. The van der Waals surface area contributed by atoms with Crippen LogP contribution >= 0.6 is 56.8 Å². The molecule has 1 rings (SSSR count). The SMILES string of the molecule is Cc1cc(I)c(C(=O)Cl)cc1I. The Bertz CT molecular complexity index is 336. The van der Waals surface area contributed by atoms with Crippen LogP contribution in [0.4, 0.5) is 0 Å². The van der Waals surface area contributed by atoms with E-state index in [4.69, 9.17) is 11.6 Å². The predicted octanol–water partition coefficient (Wildman–Crippen LogP) is 3.58. The fraction of sp³-hybridized carbons (Fsp3) is 0.125. The summed E-state index contributed by atoms with van der Waals surface area (Å²) in [6.07, 6.45) is 0. The van der Waals surface area contributed by atoms with Crippen molar-refractivity contribution in [3.05, 3.63) is 30.4 Å². The molecule has 0 saturated heterocycles. The molecule has 0 fully saturated rings. The zero-order chi connectivity index (χ0) is 9.30. The molecule has 0 radical (unpaired) electrons. The monoisotopic (exact) mass is 406 g/mol. The predicted molar refractivity (Wildman–Crippen MR) is 66.8 cm³/mol. The largest absolute Gasteiger partial charge is 0.276 e. The lowest BCUT2D eigenvalue weighted by atomic mass is 10.2. The average Bonchev–Trinajstić information content (AvgIpc) is 1.96. The molecule has 0 N–H and O–H groups in total. The third-order valence-electron chi connectivity index (χ3n) is 1.46. The van der Waals surface area contributed by atoms with Gasteiger partial charge in [-0.15, -0.1) is 0 Å². The van der Waals surface area contributed by atoms with E-state index in [-0.39, 0.29) is 0 Å². The van der Waals surface area contributed by atoms with Crippen LogP contribution in [-0.4, -0.2) is 5.24 Å². The first-order chi connectivity index (χ1) is 5.52. The number of aryl methyl sites for hydroxylation is 1. The molecule has 0 aliphatic rings. The second-order valence-electron chi connectivity index (χ2n) is 2.35. The Labute approximate surface area is 103 Å². The zero-order valence-electron chi connectivity index (χ0n) is 6.20. The van der Waals surface area contributed by atoms with Crippen molar-refractivity contribution in [2.75, 3.05) is 0 Å². The van der Waals surface area contributed by atoms with Crippen LogP contribution in [0.3, 0.4) is 0 Å². The van der Waals surface area contributed by atoms with Gasteiger partial charge >= 0.3 is 0 Å². The van der Waals surface area contributed by atoms with E-state index in [1.165, 1.54) is 5.56 Å². The first kappa shape index (κ1) is 10.7. The van der Waals surface area contributed by atoms with Crippen molar-refractivity contribution in [3.8, 4) is 0 Å². The molecular weight excluding hydrogens is 401 g/mol. The van der Waals surface area contributed by atoms with Gasteiger partial charge in [-0.2, -0.15) is 0 Å². The van der Waals surface area contributed by atoms with E-state index in [1.807, 2.05) is 19.1 Å². The molecule has 4 heteroatoms. The van der Waals surface area contributed by atoms with E-state index in [1.54, 1.807) is 0 Å². The molecule has 0 amide bonds. The van der Waals surface area contributed by atoms with Crippen LogP contribution in [0.1, 0.15) is 15.9 Å². The van der Waals surface area contributed by atoms with Crippen LogP contribution < -0.4 is 0 Å². The molecule has 0 unspecified atom stereocenters. The van der Waals surface area contributed by atoms with Gasteiger partial charge in [0.25, 0.3) is 5.24 Å². The highest BCUT2D eigenvalue weighted by Crippen LogP contribution is 2.21. The highest BCUT2D eigenvalue weighted by Gasteiger charge is 2.08. The summed E-state index contributed by atoms with van der Waals surface area (Å²) in [5.74, 6) is 0. The first-order valence-electron chi connectivity index (χ1n) is 3.18. The lowest BCUT2D eigenvalue weighted by Crippen LogP contribution is -1.95. The number of carbonyl (C=O) groups excluding carboxylic acids is 1. The molecule has 0 aliphatic heterocycles. The van der Waals surface area contributed by atoms with Crippen molar-refractivity contribution in [2.24, 2.45) is 0 Å². The van der Waals surface area contributed by atoms with Crippen molar-refractivity contribution in [1.29, 1.82) is 0 Å². The molecule has 64 valence electrons. The van der Waals surface area contributed by atoms with Gasteiger partial charge in [0.05, 0.1) is 0 Å². The molecule has 12 heavy (non-hydrogen) atoms. The van der Waals surface area contributed by atoms with Gasteiger partial charge in [0.1, 0.15) is 0 Å². The molecule has 0 atom stereocenters. The Morgan fingerprint density at radius 1 is 1.33 bits per heavy atom. The molecule has 0 aliphatic carbocycles. The minimum absolute atomic E-state index is 0.391. The zero-order valence-corrected chi connectivity index (χ0v) is 11.3. The highest BCUT2D eigenvalue weighted by atomic mass is 127. The van der Waals surface area contributed by atoms with Crippen LogP contribution in [0.2, 0.25) is 0 Å². The minimum atomic E-state index is -0.391. The molecular formula is C8H5ClI2O. The van der Waals surface area contributed by atoms with Crippen molar-refractivity contribution < 1.29 is 4.79 Å². The topological polar surface area (TPSA) is 17.1 Å². The van der Waals surface area contributed by atoms with Gasteiger partial charge in [0.2, 0.25) is 0 Å². The molecule has 1 aromatic rings. The van der Waals surface area contributed by atoms with Crippen LogP contribution in [0.25, 0.3) is 0 Å². The van der Waals surface area contributed by atoms with Gasteiger partial charge in [-0.05, 0) is 81.4 Å². The molecule has 1 nitrogen and oxygen atoms in total. The quantitative estimate of drug-likeness (QED) is 0.515. The van der Waals surface area contributed by atoms with Gasteiger partial charge in [-0.3, -0.25) is 4.79 Å². The standard InChI is InChI=1S/C8H5ClI2O/c1-4-2-7(11)5(8(9)12)3-6(4)10/h2-3H,1H3. The van der Waals surface area contributed by atoms with Gasteiger partial charge in [0.15, 0.2) is 0 Å². The minimum Gasteiger partial charge on any atom is -0.276 e. The van der Waals surface area contributed by atoms with Crippen molar-refractivity contribution in [2.45, 2.75) is 6.92 Å². The Hall–Kier alpha value is 0.640. The summed E-state index contributed by atoms with van der Waals surface area (Å²) < 4.78 is 1.97. The molecule has 1 aromatic carbocycles. The smallest absolute Gasteiger partial charge is 0.253 e. The highest BCUT2D eigenvalue weighted by molar-refractivity contribution is 14.1. The second kappa shape index (κ2) is 4.23. The first-order valence-corrected chi connectivity index (χ1v) is 5.71. The summed E-state index contributed by atoms with van der Waals surface area (Å²) in [5, 5.41) is -0.391. The number of hydrogen-bond donors (Lipinski definition) is 0. The molecule has 0 aromatic heterocycles. The summed E-state index contributed by atoms with van der Waals surface area (Å²) in [7, 11) is 0. The Kier molecular flexibility index (Phi) is 3.78. The van der Waals surface area contributed by atoms with Crippen LogP contribution in [0.5, 0.6) is 0 Å². The van der Waals surface area contributed by atoms with E-state index in [2.05, 4.69) is 45.2 Å². The average molecular weight is 406 g/mol. The van der Waals surface area contributed by atoms with E-state index >= 15 is 0 Å². The van der Waals surface area contributed by atoms with Gasteiger partial charge in [-0.25, -0.2) is 0 Å². The second-order valence-corrected chi connectivity index (χ2v) is 5.02. The summed E-state index contributed by atoms with van der Waals surface area (Å²) in [5.41, 5.74) is 1.76. The fourth-order valence-corrected chi connectivity index (χ4v) is 2.45. The summed E-state index contributed by atoms with van der Waals surface area (Å²) in [6, 6.07) is 3.77. The normalized spacial score (nSPS) is 10.0. The number of benzene rings is 1. The number of rotatable bonds is 1. The van der Waals surface area contributed by atoms with Crippen LogP contribution in [0.15, 0.2) is 12.1 Å². The summed E-state index contributed by atoms with van der Waals surface area (Å²) in [4.78, 5) is 10.9. The Morgan fingerprint density at radius 2 is 1.92 bits per heavy atom. The lowest BCUT2D eigenvalue weighted by Gasteiger charge is -2.02. The maximum absolute atomic E-state index is 10.9. The Balaban J connectivity index is 3.33. The summed E-state index contributed by atoms with van der Waals surface area (Å²) in [6.45, 7) is 2.01. The molecule has 0 heterocycles. The number of halogens is 3.